The smallest absolute Gasteiger partial charge is 0.272 e. The average molecular weight is 418 g/mol. The van der Waals surface area contributed by atoms with Crippen LogP contribution >= 0.6 is 39.1 Å². The second-order valence-electron chi connectivity index (χ2n) is 4.37. The van der Waals surface area contributed by atoms with E-state index >= 15 is 0 Å². The number of hydrazone groups is 1. The molecule has 0 aliphatic rings. The van der Waals surface area contributed by atoms with Crippen molar-refractivity contribution in [3.05, 3.63) is 56.0 Å². The van der Waals surface area contributed by atoms with Gasteiger partial charge in [0.15, 0.2) is 0 Å². The van der Waals surface area contributed by atoms with Crippen molar-refractivity contribution >= 4 is 51.3 Å². The minimum Gasteiger partial charge on any atom is -0.506 e. The highest BCUT2D eigenvalue weighted by atomic mass is 79.9. The van der Waals surface area contributed by atoms with Crippen LogP contribution in [0.15, 0.2) is 39.9 Å². The molecule has 2 aromatic carbocycles. The van der Waals surface area contributed by atoms with Crippen LogP contribution in [0.2, 0.25) is 10.0 Å². The molecule has 2 N–H and O–H groups in total. The van der Waals surface area contributed by atoms with Gasteiger partial charge >= 0.3 is 0 Å². The Balaban J connectivity index is 2.15. The van der Waals surface area contributed by atoms with Gasteiger partial charge in [-0.3, -0.25) is 4.79 Å². The Hall–Kier alpha value is -1.76. The van der Waals surface area contributed by atoms with Crippen molar-refractivity contribution in [2.45, 2.75) is 0 Å². The number of carbonyl (C=O) groups is 1. The van der Waals surface area contributed by atoms with Gasteiger partial charge in [-0.15, -0.1) is 0 Å². The summed E-state index contributed by atoms with van der Waals surface area (Å²) in [6, 6.07) is 7.70. The second-order valence-corrected chi connectivity index (χ2v) is 6.07. The number of methoxy groups -OCH3 is 1. The van der Waals surface area contributed by atoms with E-state index in [0.717, 1.165) is 0 Å². The summed E-state index contributed by atoms with van der Waals surface area (Å²) in [6.45, 7) is 0. The molecular formula is C15H11BrCl2N2O3. The SMILES string of the molecule is COc1cc(Br)c(O)c(/C=N\NC(=O)c2ccc(Cl)cc2Cl)c1. The number of carbonyl (C=O) groups excluding carboxylic acids is 1. The molecule has 120 valence electrons. The molecule has 5 nitrogen and oxygen atoms in total. The van der Waals surface area contributed by atoms with Crippen LogP contribution < -0.4 is 10.2 Å². The maximum absolute atomic E-state index is 12.0. The van der Waals surface area contributed by atoms with Crippen LogP contribution in [0.3, 0.4) is 0 Å². The van der Waals surface area contributed by atoms with E-state index in [-0.39, 0.29) is 16.3 Å². The monoisotopic (exact) mass is 416 g/mol. The lowest BCUT2D eigenvalue weighted by atomic mass is 10.2. The Morgan fingerprint density at radius 1 is 1.35 bits per heavy atom. The largest absolute Gasteiger partial charge is 0.506 e. The van der Waals surface area contributed by atoms with Crippen molar-refractivity contribution in [1.29, 1.82) is 0 Å². The average Bonchev–Trinajstić information content (AvgIpc) is 2.51. The number of nitrogens with zero attached hydrogens (tertiary/aromatic N) is 1. The summed E-state index contributed by atoms with van der Waals surface area (Å²) >= 11 is 14.9. The van der Waals surface area contributed by atoms with Gasteiger partial charge < -0.3 is 9.84 Å². The molecule has 0 aliphatic heterocycles. The summed E-state index contributed by atoms with van der Waals surface area (Å²) < 4.78 is 5.54. The topological polar surface area (TPSA) is 70.9 Å². The molecule has 0 unspecified atom stereocenters. The van der Waals surface area contributed by atoms with E-state index in [4.69, 9.17) is 27.9 Å². The highest BCUT2D eigenvalue weighted by Gasteiger charge is 2.10. The molecule has 0 fully saturated rings. The Morgan fingerprint density at radius 3 is 2.74 bits per heavy atom. The maximum atomic E-state index is 12.0. The minimum atomic E-state index is -0.496. The molecule has 0 bridgehead atoms. The number of phenolic OH excluding ortho intramolecular Hbond substituents is 1. The molecule has 0 radical (unpaired) electrons. The number of aromatic hydroxyl groups is 1. The first-order chi connectivity index (χ1) is 10.9. The number of benzene rings is 2. The third-order valence-electron chi connectivity index (χ3n) is 2.85. The highest BCUT2D eigenvalue weighted by Crippen LogP contribution is 2.31. The van der Waals surface area contributed by atoms with E-state index < -0.39 is 5.91 Å². The summed E-state index contributed by atoms with van der Waals surface area (Å²) in [6.07, 6.45) is 1.30. The molecule has 2 aromatic rings. The van der Waals surface area contributed by atoms with Crippen molar-refractivity contribution < 1.29 is 14.6 Å². The highest BCUT2D eigenvalue weighted by molar-refractivity contribution is 9.10. The molecule has 0 saturated heterocycles. The van der Waals surface area contributed by atoms with Gasteiger partial charge in [0.2, 0.25) is 0 Å². The quantitative estimate of drug-likeness (QED) is 0.577. The third kappa shape index (κ3) is 4.37. The van der Waals surface area contributed by atoms with Crippen LogP contribution in [-0.2, 0) is 0 Å². The van der Waals surface area contributed by atoms with E-state index in [1.165, 1.54) is 25.5 Å². The lowest BCUT2D eigenvalue weighted by Crippen LogP contribution is -2.18. The number of ether oxygens (including phenoxy) is 1. The zero-order valence-electron chi connectivity index (χ0n) is 11.8. The fraction of sp³-hybridized carbons (Fsp3) is 0.0667. The first kappa shape index (κ1) is 17.6. The first-order valence-corrected chi connectivity index (χ1v) is 7.82. The molecule has 2 rings (SSSR count). The fourth-order valence-corrected chi connectivity index (χ4v) is 2.65. The molecule has 0 aliphatic carbocycles. The number of hydrogen-bond donors (Lipinski definition) is 2. The van der Waals surface area contributed by atoms with Gasteiger partial charge in [-0.25, -0.2) is 5.43 Å². The Bertz CT molecular complexity index is 782. The van der Waals surface area contributed by atoms with E-state index in [1.807, 2.05) is 0 Å². The van der Waals surface area contributed by atoms with Crippen molar-refractivity contribution in [3.8, 4) is 11.5 Å². The Kier molecular flexibility index (Phi) is 5.87. The van der Waals surface area contributed by atoms with Crippen LogP contribution in [0.1, 0.15) is 15.9 Å². The zero-order chi connectivity index (χ0) is 17.0. The van der Waals surface area contributed by atoms with Crippen molar-refractivity contribution in [1.82, 2.24) is 5.43 Å². The van der Waals surface area contributed by atoms with Crippen molar-refractivity contribution in [3.63, 3.8) is 0 Å². The van der Waals surface area contributed by atoms with Gasteiger partial charge in [-0.05, 0) is 46.3 Å². The number of nitrogens with one attached hydrogen (secondary N) is 1. The van der Waals surface area contributed by atoms with Gasteiger partial charge in [-0.1, -0.05) is 23.2 Å². The molecule has 0 atom stereocenters. The van der Waals surface area contributed by atoms with Crippen LogP contribution in [0.4, 0.5) is 0 Å². The molecule has 0 saturated carbocycles. The molecule has 0 aromatic heterocycles. The van der Waals surface area contributed by atoms with Gasteiger partial charge in [0.25, 0.3) is 5.91 Å². The van der Waals surface area contributed by atoms with Gasteiger partial charge in [0, 0.05) is 10.6 Å². The summed E-state index contributed by atoms with van der Waals surface area (Å²) in [5.74, 6) is 0.0147. The van der Waals surface area contributed by atoms with E-state index in [0.29, 0.717) is 20.8 Å². The maximum Gasteiger partial charge on any atom is 0.272 e. The van der Waals surface area contributed by atoms with Gasteiger partial charge in [-0.2, -0.15) is 5.10 Å². The van der Waals surface area contributed by atoms with Crippen molar-refractivity contribution in [2.75, 3.05) is 7.11 Å². The first-order valence-electron chi connectivity index (χ1n) is 6.27. The third-order valence-corrected chi connectivity index (χ3v) is 4.00. The lowest BCUT2D eigenvalue weighted by Gasteiger charge is -2.06. The molecule has 1 amide bonds. The van der Waals surface area contributed by atoms with Gasteiger partial charge in [0.05, 0.1) is 28.4 Å². The molecular weight excluding hydrogens is 407 g/mol. The molecule has 23 heavy (non-hydrogen) atoms. The van der Waals surface area contributed by atoms with Crippen LogP contribution in [0.5, 0.6) is 11.5 Å². The zero-order valence-corrected chi connectivity index (χ0v) is 14.9. The normalized spacial score (nSPS) is 10.8. The van der Waals surface area contributed by atoms with E-state index in [1.54, 1.807) is 18.2 Å². The number of phenols is 1. The fourth-order valence-electron chi connectivity index (χ4n) is 1.70. The molecule has 0 heterocycles. The van der Waals surface area contributed by atoms with Crippen LogP contribution in [0, 0.1) is 0 Å². The number of hydrogen-bond acceptors (Lipinski definition) is 4. The summed E-state index contributed by atoms with van der Waals surface area (Å²) in [5, 5.41) is 14.4. The Labute approximate surface area is 151 Å². The van der Waals surface area contributed by atoms with Crippen molar-refractivity contribution in [2.24, 2.45) is 5.10 Å². The lowest BCUT2D eigenvalue weighted by molar-refractivity contribution is 0.0955. The molecule has 0 spiro atoms. The second kappa shape index (κ2) is 7.68. The van der Waals surface area contributed by atoms with Crippen LogP contribution in [-0.4, -0.2) is 24.3 Å². The molecule has 8 heteroatoms. The number of rotatable bonds is 4. The predicted octanol–water partition coefficient (Wildman–Crippen LogP) is 4.23. The number of amides is 1. The predicted molar refractivity (Wildman–Crippen MR) is 93.9 cm³/mol. The summed E-state index contributed by atoms with van der Waals surface area (Å²) in [4.78, 5) is 12.0. The standard InChI is InChI=1S/C15H11BrCl2N2O3/c1-23-10-4-8(14(21)12(16)6-10)7-19-20-15(22)11-3-2-9(17)5-13(11)18/h2-7,21H,1H3,(H,20,22)/b19-7-. The Morgan fingerprint density at radius 2 is 2.09 bits per heavy atom. The summed E-state index contributed by atoms with van der Waals surface area (Å²) in [5.41, 5.74) is 2.94. The van der Waals surface area contributed by atoms with E-state index in [9.17, 15) is 9.90 Å². The summed E-state index contributed by atoms with van der Waals surface area (Å²) in [7, 11) is 1.50. The number of halogens is 3. The van der Waals surface area contributed by atoms with Gasteiger partial charge in [0.1, 0.15) is 11.5 Å². The van der Waals surface area contributed by atoms with Crippen LogP contribution in [0.25, 0.3) is 0 Å². The van der Waals surface area contributed by atoms with E-state index in [2.05, 4.69) is 26.5 Å². The minimum absolute atomic E-state index is 0.0201.